The van der Waals surface area contributed by atoms with E-state index in [2.05, 4.69) is 20.8 Å². The van der Waals surface area contributed by atoms with Crippen molar-refractivity contribution in [1.29, 1.82) is 0 Å². The highest BCUT2D eigenvalue weighted by Crippen LogP contribution is 2.40. The van der Waals surface area contributed by atoms with Crippen LogP contribution in [0.5, 0.6) is 0 Å². The Morgan fingerprint density at radius 1 is 1.24 bits per heavy atom. The molecule has 2 aromatic heterocycles. The zero-order valence-electron chi connectivity index (χ0n) is 18.4. The standard InChI is InChI=1S/C23H25ClN4O4S/c1-3-31-21(30)19-16(15-8-4-5-9-17(15)24)13-33-20(19)27-18(29)12-25-23(10-6-7-11-23)22-26-14(2)32-28-22/h4-5,8-9,13,25H,3,6-7,10-12H2,1-2H3,(H,27,29). The first-order chi connectivity index (χ1) is 15.9. The maximum Gasteiger partial charge on any atom is 0.341 e. The molecule has 33 heavy (non-hydrogen) atoms. The van der Waals surface area contributed by atoms with Crippen LogP contribution in [0, 0.1) is 6.92 Å². The molecule has 10 heteroatoms. The van der Waals surface area contributed by atoms with Crippen molar-refractivity contribution < 1.29 is 18.8 Å². The van der Waals surface area contributed by atoms with Crippen LogP contribution in [-0.4, -0.2) is 35.2 Å². The van der Waals surface area contributed by atoms with Gasteiger partial charge in [0.2, 0.25) is 11.8 Å². The lowest BCUT2D eigenvalue weighted by Crippen LogP contribution is -2.44. The van der Waals surface area contributed by atoms with Crippen LogP contribution in [0.4, 0.5) is 5.00 Å². The molecular weight excluding hydrogens is 464 g/mol. The van der Waals surface area contributed by atoms with Gasteiger partial charge in [0, 0.05) is 28.5 Å². The lowest BCUT2D eigenvalue weighted by Gasteiger charge is -2.26. The van der Waals surface area contributed by atoms with Crippen molar-refractivity contribution in [2.45, 2.75) is 45.1 Å². The number of ether oxygens (including phenoxy) is 1. The fourth-order valence-electron chi connectivity index (χ4n) is 4.11. The van der Waals surface area contributed by atoms with Crippen LogP contribution < -0.4 is 10.6 Å². The molecule has 2 N–H and O–H groups in total. The third-order valence-electron chi connectivity index (χ3n) is 5.69. The molecule has 0 bridgehead atoms. The molecule has 0 spiro atoms. The van der Waals surface area contributed by atoms with Crippen molar-refractivity contribution >= 4 is 39.8 Å². The highest BCUT2D eigenvalue weighted by atomic mass is 35.5. The minimum atomic E-state index is -0.508. The van der Waals surface area contributed by atoms with E-state index in [-0.39, 0.29) is 19.1 Å². The van der Waals surface area contributed by atoms with E-state index in [4.69, 9.17) is 20.9 Å². The van der Waals surface area contributed by atoms with Crippen LogP contribution >= 0.6 is 22.9 Å². The second-order valence-corrected chi connectivity index (χ2v) is 9.17. The van der Waals surface area contributed by atoms with Crippen LogP contribution in [0.3, 0.4) is 0 Å². The molecule has 1 aromatic carbocycles. The number of halogens is 1. The number of hydrogen-bond acceptors (Lipinski definition) is 8. The van der Waals surface area contributed by atoms with Gasteiger partial charge in [-0.1, -0.05) is 47.8 Å². The zero-order chi connectivity index (χ0) is 23.4. The van der Waals surface area contributed by atoms with Gasteiger partial charge in [-0.2, -0.15) is 4.98 Å². The van der Waals surface area contributed by atoms with Crippen molar-refractivity contribution in [2.24, 2.45) is 0 Å². The average Bonchev–Trinajstić information content (AvgIpc) is 3.53. The van der Waals surface area contributed by atoms with Crippen molar-refractivity contribution in [1.82, 2.24) is 15.5 Å². The van der Waals surface area contributed by atoms with E-state index >= 15 is 0 Å². The van der Waals surface area contributed by atoms with E-state index in [9.17, 15) is 9.59 Å². The maximum absolute atomic E-state index is 12.9. The van der Waals surface area contributed by atoms with Crippen LogP contribution in [0.25, 0.3) is 11.1 Å². The zero-order valence-corrected chi connectivity index (χ0v) is 20.0. The molecule has 1 saturated carbocycles. The number of esters is 1. The summed E-state index contributed by atoms with van der Waals surface area (Å²) in [7, 11) is 0. The third-order valence-corrected chi connectivity index (χ3v) is 6.91. The molecule has 2 heterocycles. The van der Waals surface area contributed by atoms with Gasteiger partial charge < -0.3 is 14.6 Å². The first-order valence-corrected chi connectivity index (χ1v) is 12.1. The second-order valence-electron chi connectivity index (χ2n) is 7.88. The summed E-state index contributed by atoms with van der Waals surface area (Å²) in [5.41, 5.74) is 1.14. The van der Waals surface area contributed by atoms with Gasteiger partial charge in [-0.15, -0.1) is 11.3 Å². The topological polar surface area (TPSA) is 106 Å². The van der Waals surface area contributed by atoms with E-state index < -0.39 is 11.5 Å². The van der Waals surface area contributed by atoms with Crippen molar-refractivity contribution in [2.75, 3.05) is 18.5 Å². The predicted molar refractivity (Wildman–Crippen MR) is 127 cm³/mol. The number of nitrogens with zero attached hydrogens (tertiary/aromatic N) is 2. The summed E-state index contributed by atoms with van der Waals surface area (Å²) in [6.07, 6.45) is 3.68. The first kappa shape index (κ1) is 23.4. The fourth-order valence-corrected chi connectivity index (χ4v) is 5.31. The second kappa shape index (κ2) is 10.0. The number of aryl methyl sites for hydroxylation is 1. The Labute approximate surface area is 200 Å². The molecule has 3 aromatic rings. The van der Waals surface area contributed by atoms with Gasteiger partial charge in [-0.05, 0) is 25.8 Å². The number of hydrogen-bond donors (Lipinski definition) is 2. The lowest BCUT2D eigenvalue weighted by molar-refractivity contribution is -0.115. The highest BCUT2D eigenvalue weighted by molar-refractivity contribution is 7.15. The predicted octanol–water partition coefficient (Wildman–Crippen LogP) is 4.93. The average molecular weight is 489 g/mol. The van der Waals surface area contributed by atoms with E-state index in [1.54, 1.807) is 25.3 Å². The van der Waals surface area contributed by atoms with Crippen LogP contribution in [0.1, 0.15) is 54.7 Å². The van der Waals surface area contributed by atoms with E-state index in [0.717, 1.165) is 25.7 Å². The molecule has 1 fully saturated rings. The van der Waals surface area contributed by atoms with Gasteiger partial charge in [-0.3, -0.25) is 10.1 Å². The highest BCUT2D eigenvalue weighted by Gasteiger charge is 2.40. The van der Waals surface area contributed by atoms with Crippen molar-refractivity contribution in [3.8, 4) is 11.1 Å². The molecule has 1 amide bonds. The molecule has 0 aliphatic heterocycles. The number of amides is 1. The van der Waals surface area contributed by atoms with E-state index in [1.807, 2.05) is 18.2 Å². The molecule has 0 unspecified atom stereocenters. The Hall–Kier alpha value is -2.75. The molecule has 4 rings (SSSR count). The Morgan fingerprint density at radius 3 is 2.67 bits per heavy atom. The number of thiophene rings is 1. The van der Waals surface area contributed by atoms with Crippen molar-refractivity contribution in [3.05, 3.63) is 51.9 Å². The summed E-state index contributed by atoms with van der Waals surface area (Å²) in [6, 6.07) is 7.25. The van der Waals surface area contributed by atoms with E-state index in [1.165, 1.54) is 11.3 Å². The Balaban J connectivity index is 1.54. The monoisotopic (exact) mass is 488 g/mol. The Bertz CT molecular complexity index is 1150. The fraction of sp³-hybridized carbons (Fsp3) is 0.391. The minimum Gasteiger partial charge on any atom is -0.462 e. The number of carbonyl (C=O) groups excluding carboxylic acids is 2. The summed E-state index contributed by atoms with van der Waals surface area (Å²) in [5, 5.41) is 13.0. The number of anilines is 1. The molecule has 1 aliphatic carbocycles. The molecule has 0 saturated heterocycles. The number of nitrogens with one attached hydrogen (secondary N) is 2. The third kappa shape index (κ3) is 4.95. The van der Waals surface area contributed by atoms with Crippen molar-refractivity contribution in [3.63, 3.8) is 0 Å². The van der Waals surface area contributed by atoms with Gasteiger partial charge in [0.15, 0.2) is 5.82 Å². The van der Waals surface area contributed by atoms with E-state index in [0.29, 0.717) is 38.4 Å². The summed E-state index contributed by atoms with van der Waals surface area (Å²) in [6.45, 7) is 3.74. The maximum atomic E-state index is 12.9. The van der Waals surface area contributed by atoms with Gasteiger partial charge in [0.1, 0.15) is 10.6 Å². The molecular formula is C23H25ClN4O4S. The summed E-state index contributed by atoms with van der Waals surface area (Å²) < 4.78 is 10.4. The molecule has 0 atom stereocenters. The summed E-state index contributed by atoms with van der Waals surface area (Å²) in [4.78, 5) is 30.0. The quantitative estimate of drug-likeness (QED) is 0.433. The van der Waals surface area contributed by atoms with Crippen LogP contribution in [0.2, 0.25) is 5.02 Å². The van der Waals surface area contributed by atoms with Gasteiger partial charge >= 0.3 is 5.97 Å². The normalized spacial score (nSPS) is 14.9. The molecule has 0 radical (unpaired) electrons. The lowest BCUT2D eigenvalue weighted by atomic mass is 9.96. The smallest absolute Gasteiger partial charge is 0.341 e. The Morgan fingerprint density at radius 2 is 2.00 bits per heavy atom. The van der Waals surface area contributed by atoms with Gasteiger partial charge in [0.05, 0.1) is 18.7 Å². The summed E-state index contributed by atoms with van der Waals surface area (Å²) >= 11 is 7.62. The summed E-state index contributed by atoms with van der Waals surface area (Å²) in [5.74, 6) is 0.285. The first-order valence-electron chi connectivity index (χ1n) is 10.8. The van der Waals surface area contributed by atoms with Gasteiger partial charge in [0.25, 0.3) is 0 Å². The number of aromatic nitrogens is 2. The molecule has 1 aliphatic rings. The minimum absolute atomic E-state index is 0.0369. The van der Waals surface area contributed by atoms with Crippen LogP contribution in [-0.2, 0) is 15.1 Å². The molecule has 8 nitrogen and oxygen atoms in total. The number of carbonyl (C=O) groups is 2. The number of benzene rings is 1. The largest absolute Gasteiger partial charge is 0.462 e. The SMILES string of the molecule is CCOC(=O)c1c(-c2ccccc2Cl)csc1NC(=O)CNC1(c2noc(C)n2)CCCC1. The van der Waals surface area contributed by atoms with Gasteiger partial charge in [-0.25, -0.2) is 4.79 Å². The number of rotatable bonds is 8. The molecule has 174 valence electrons. The Kier molecular flexibility index (Phi) is 7.11. The van der Waals surface area contributed by atoms with Crippen LogP contribution in [0.15, 0.2) is 34.2 Å².